The zero-order valence-electron chi connectivity index (χ0n) is 10.0. The van der Waals surface area contributed by atoms with Crippen molar-refractivity contribution >= 4 is 0 Å². The lowest BCUT2D eigenvalue weighted by Gasteiger charge is -2.26. The van der Waals surface area contributed by atoms with Crippen LogP contribution in [0.2, 0.25) is 0 Å². The molecule has 0 spiro atoms. The van der Waals surface area contributed by atoms with E-state index in [1.165, 1.54) is 6.08 Å². The number of ether oxygens (including phenoxy) is 1. The quantitative estimate of drug-likeness (QED) is 0.626. The molecule has 0 saturated carbocycles. The summed E-state index contributed by atoms with van der Waals surface area (Å²) in [5, 5.41) is 0. The van der Waals surface area contributed by atoms with Gasteiger partial charge in [0.1, 0.15) is 6.61 Å². The second kappa shape index (κ2) is 6.09. The Hall–Kier alpha value is -0.770. The van der Waals surface area contributed by atoms with Gasteiger partial charge in [-0.25, -0.2) is 0 Å². The number of alkyl halides is 3. The Kier molecular flexibility index (Phi) is 5.79. The molecule has 0 aliphatic rings. The summed E-state index contributed by atoms with van der Waals surface area (Å²) in [5.41, 5.74) is 0.226. The fourth-order valence-electron chi connectivity index (χ4n) is 1.13. The van der Waals surface area contributed by atoms with Crippen molar-refractivity contribution in [1.82, 2.24) is 0 Å². The lowest BCUT2D eigenvalue weighted by molar-refractivity contribution is -0.195. The molecule has 0 amide bonds. The van der Waals surface area contributed by atoms with Gasteiger partial charge in [-0.3, -0.25) is 0 Å². The van der Waals surface area contributed by atoms with Gasteiger partial charge in [0.25, 0.3) is 0 Å². The Balaban J connectivity index is 4.21. The van der Waals surface area contributed by atoms with Crippen LogP contribution in [-0.2, 0) is 4.74 Å². The first-order chi connectivity index (χ1) is 7.18. The number of rotatable bonds is 6. The second-order valence-corrected chi connectivity index (χ2v) is 4.24. The summed E-state index contributed by atoms with van der Waals surface area (Å²) in [6.07, 6.45) is 0.289. The Morgan fingerprint density at radius 1 is 1.31 bits per heavy atom. The maximum atomic E-state index is 12.0. The predicted molar refractivity (Wildman–Crippen MR) is 59.3 cm³/mol. The van der Waals surface area contributed by atoms with E-state index in [-0.39, 0.29) is 0 Å². The molecule has 0 N–H and O–H groups in total. The van der Waals surface area contributed by atoms with Gasteiger partial charge >= 0.3 is 6.18 Å². The molecule has 0 aromatic heterocycles. The summed E-state index contributed by atoms with van der Waals surface area (Å²) >= 11 is 0. The molecule has 0 aromatic carbocycles. The highest BCUT2D eigenvalue weighted by Crippen LogP contribution is 2.24. The third kappa shape index (κ3) is 7.51. The van der Waals surface area contributed by atoms with Crippen LogP contribution in [0.3, 0.4) is 0 Å². The average Bonchev–Trinajstić information content (AvgIpc) is 2.13. The molecular weight excluding hydrogens is 217 g/mol. The number of halogens is 3. The molecule has 0 rings (SSSR count). The van der Waals surface area contributed by atoms with Crippen LogP contribution in [0.4, 0.5) is 13.2 Å². The monoisotopic (exact) mass is 236 g/mol. The van der Waals surface area contributed by atoms with Crippen LogP contribution in [0.5, 0.6) is 0 Å². The van der Waals surface area contributed by atoms with Crippen LogP contribution in [-0.4, -0.2) is 18.4 Å². The minimum absolute atomic E-state index is 0.498. The molecule has 0 saturated heterocycles. The minimum Gasteiger partial charge on any atom is -0.362 e. The maximum Gasteiger partial charge on any atom is 0.411 e. The molecule has 0 aromatic rings. The van der Waals surface area contributed by atoms with Crippen LogP contribution in [0, 0.1) is 0 Å². The van der Waals surface area contributed by atoms with E-state index < -0.39 is 18.4 Å². The van der Waals surface area contributed by atoms with Gasteiger partial charge in [0.05, 0.1) is 5.60 Å². The van der Waals surface area contributed by atoms with Gasteiger partial charge in [-0.05, 0) is 33.6 Å². The van der Waals surface area contributed by atoms with Gasteiger partial charge in [0.15, 0.2) is 0 Å². The highest BCUT2D eigenvalue weighted by Gasteiger charge is 2.32. The van der Waals surface area contributed by atoms with Crippen LogP contribution in [0.1, 0.15) is 33.6 Å². The van der Waals surface area contributed by atoms with Crippen molar-refractivity contribution < 1.29 is 17.9 Å². The van der Waals surface area contributed by atoms with Crippen LogP contribution in [0.25, 0.3) is 0 Å². The summed E-state index contributed by atoms with van der Waals surface area (Å²) in [6.45, 7) is 7.79. The lowest BCUT2D eigenvalue weighted by Crippen LogP contribution is -2.31. The van der Waals surface area contributed by atoms with Gasteiger partial charge < -0.3 is 4.74 Å². The molecule has 0 aliphatic carbocycles. The highest BCUT2D eigenvalue weighted by molar-refractivity contribution is 4.99. The van der Waals surface area contributed by atoms with Crippen molar-refractivity contribution in [3.05, 3.63) is 24.3 Å². The van der Waals surface area contributed by atoms with Crippen molar-refractivity contribution in [3.8, 4) is 0 Å². The zero-order chi connectivity index (χ0) is 12.8. The first-order valence-corrected chi connectivity index (χ1v) is 5.16. The lowest BCUT2D eigenvalue weighted by atomic mass is 9.99. The van der Waals surface area contributed by atoms with Crippen molar-refractivity contribution in [2.24, 2.45) is 0 Å². The van der Waals surface area contributed by atoms with Crippen molar-refractivity contribution in [2.75, 3.05) is 6.61 Å². The van der Waals surface area contributed by atoms with Crippen molar-refractivity contribution in [3.63, 3.8) is 0 Å². The van der Waals surface area contributed by atoms with E-state index in [0.717, 1.165) is 5.57 Å². The minimum atomic E-state index is -4.29. The predicted octanol–water partition coefficient (Wildman–Crippen LogP) is 4.26. The van der Waals surface area contributed by atoms with E-state index in [0.29, 0.717) is 12.8 Å². The Labute approximate surface area is 95.0 Å². The highest BCUT2D eigenvalue weighted by atomic mass is 19.4. The van der Waals surface area contributed by atoms with Crippen LogP contribution in [0.15, 0.2) is 24.3 Å². The first kappa shape index (κ1) is 15.2. The third-order valence-corrected chi connectivity index (χ3v) is 2.19. The van der Waals surface area contributed by atoms with E-state index in [9.17, 15) is 13.2 Å². The molecule has 0 radical (unpaired) electrons. The maximum absolute atomic E-state index is 12.0. The molecule has 0 bridgehead atoms. The molecule has 0 fully saturated rings. The normalized spacial score (nSPS) is 15.4. The smallest absolute Gasteiger partial charge is 0.362 e. The van der Waals surface area contributed by atoms with E-state index >= 15 is 0 Å². The third-order valence-electron chi connectivity index (χ3n) is 2.19. The summed E-state index contributed by atoms with van der Waals surface area (Å²) in [5.74, 6) is 0. The SMILES string of the molecule is C=CC(C)(CCC=C(C)C)OCC(F)(F)F. The molecule has 94 valence electrons. The molecule has 4 heteroatoms. The number of hydrogen-bond donors (Lipinski definition) is 0. The molecule has 1 unspecified atom stereocenters. The Bertz CT molecular complexity index is 251. The fraction of sp³-hybridized carbons (Fsp3) is 0.667. The van der Waals surface area contributed by atoms with Crippen LogP contribution < -0.4 is 0 Å². The molecule has 0 aliphatic heterocycles. The van der Waals surface area contributed by atoms with Gasteiger partial charge in [-0.2, -0.15) is 13.2 Å². The molecular formula is C12H19F3O. The largest absolute Gasteiger partial charge is 0.411 e. The molecule has 16 heavy (non-hydrogen) atoms. The molecule has 1 nitrogen and oxygen atoms in total. The summed E-state index contributed by atoms with van der Waals surface area (Å²) in [7, 11) is 0. The Morgan fingerprint density at radius 2 is 1.88 bits per heavy atom. The number of allylic oxidation sites excluding steroid dienone is 2. The summed E-state index contributed by atoms with van der Waals surface area (Å²) in [6, 6.07) is 0. The van der Waals surface area contributed by atoms with Crippen molar-refractivity contribution in [2.45, 2.75) is 45.4 Å². The average molecular weight is 236 g/mol. The first-order valence-electron chi connectivity index (χ1n) is 5.16. The van der Waals surface area contributed by atoms with Gasteiger partial charge in [-0.1, -0.05) is 17.7 Å². The van der Waals surface area contributed by atoms with Gasteiger partial charge in [0.2, 0.25) is 0 Å². The second-order valence-electron chi connectivity index (χ2n) is 4.24. The van der Waals surface area contributed by atoms with E-state index in [1.807, 2.05) is 19.9 Å². The van der Waals surface area contributed by atoms with Gasteiger partial charge in [-0.15, -0.1) is 6.58 Å². The van der Waals surface area contributed by atoms with E-state index in [2.05, 4.69) is 6.58 Å². The molecule has 0 heterocycles. The summed E-state index contributed by atoms with van der Waals surface area (Å²) < 4.78 is 40.9. The fourth-order valence-corrected chi connectivity index (χ4v) is 1.13. The zero-order valence-corrected chi connectivity index (χ0v) is 10.0. The Morgan fingerprint density at radius 3 is 2.25 bits per heavy atom. The van der Waals surface area contributed by atoms with Crippen molar-refractivity contribution in [1.29, 1.82) is 0 Å². The number of hydrogen-bond acceptors (Lipinski definition) is 1. The van der Waals surface area contributed by atoms with Crippen LogP contribution >= 0.6 is 0 Å². The van der Waals surface area contributed by atoms with E-state index in [1.54, 1.807) is 6.92 Å². The molecule has 1 atom stereocenters. The van der Waals surface area contributed by atoms with Gasteiger partial charge in [0, 0.05) is 0 Å². The summed E-state index contributed by atoms with van der Waals surface area (Å²) in [4.78, 5) is 0. The topological polar surface area (TPSA) is 9.23 Å². The standard InChI is InChI=1S/C12H19F3O/c1-5-11(4,8-6-7-10(2)3)16-9-12(13,14)15/h5,7H,1,6,8-9H2,2-4H3. The van der Waals surface area contributed by atoms with E-state index in [4.69, 9.17) is 4.74 Å².